The lowest BCUT2D eigenvalue weighted by Gasteiger charge is -2.09. The Bertz CT molecular complexity index is 566. The Labute approximate surface area is 113 Å². The molecule has 0 atom stereocenters. The summed E-state index contributed by atoms with van der Waals surface area (Å²) in [6.07, 6.45) is 4.91. The van der Waals surface area contributed by atoms with Crippen molar-refractivity contribution in [2.75, 3.05) is 6.54 Å². The number of imidazole rings is 1. The molecule has 0 saturated heterocycles. The van der Waals surface area contributed by atoms with Crippen molar-refractivity contribution in [3.05, 3.63) is 53.6 Å². The summed E-state index contributed by atoms with van der Waals surface area (Å²) in [5.74, 6) is 1.02. The summed E-state index contributed by atoms with van der Waals surface area (Å²) < 4.78 is 2.11. The number of nitrogens with one attached hydrogen (secondary N) is 1. The minimum atomic E-state index is 0.697. The Kier molecular flexibility index (Phi) is 4.71. The second-order valence-electron chi connectivity index (χ2n) is 4.46. The average Bonchev–Trinajstić information content (AvgIpc) is 2.87. The van der Waals surface area contributed by atoms with Crippen LogP contribution in [0, 0.1) is 11.3 Å². The molecule has 4 nitrogen and oxygen atoms in total. The van der Waals surface area contributed by atoms with Crippen LogP contribution in [-0.4, -0.2) is 16.1 Å². The van der Waals surface area contributed by atoms with Gasteiger partial charge in [0.15, 0.2) is 0 Å². The largest absolute Gasteiger partial charge is 0.329 e. The van der Waals surface area contributed by atoms with E-state index in [1.807, 2.05) is 36.7 Å². The van der Waals surface area contributed by atoms with Gasteiger partial charge < -0.3 is 9.88 Å². The summed E-state index contributed by atoms with van der Waals surface area (Å²) in [5.41, 5.74) is 1.82. The third-order valence-electron chi connectivity index (χ3n) is 2.92. The molecule has 0 radical (unpaired) electrons. The van der Waals surface area contributed by atoms with Crippen molar-refractivity contribution in [1.29, 1.82) is 5.26 Å². The molecule has 0 aliphatic carbocycles. The molecule has 2 rings (SSSR count). The summed E-state index contributed by atoms with van der Waals surface area (Å²) in [7, 11) is 0. The molecule has 4 heteroatoms. The van der Waals surface area contributed by atoms with Crippen molar-refractivity contribution < 1.29 is 0 Å². The van der Waals surface area contributed by atoms with Crippen LogP contribution in [0.5, 0.6) is 0 Å². The maximum absolute atomic E-state index is 8.91. The van der Waals surface area contributed by atoms with Crippen molar-refractivity contribution in [2.45, 2.75) is 26.4 Å². The number of nitrogens with zero attached hydrogens (tertiary/aromatic N) is 3. The van der Waals surface area contributed by atoms with Gasteiger partial charge in [0.1, 0.15) is 5.82 Å². The first-order chi connectivity index (χ1) is 9.33. The minimum absolute atomic E-state index is 0.697. The van der Waals surface area contributed by atoms with Gasteiger partial charge in [-0.15, -0.1) is 0 Å². The highest BCUT2D eigenvalue weighted by molar-refractivity contribution is 5.32. The van der Waals surface area contributed by atoms with Crippen LogP contribution in [0.15, 0.2) is 36.7 Å². The van der Waals surface area contributed by atoms with Gasteiger partial charge >= 0.3 is 0 Å². The molecule has 0 bridgehead atoms. The number of rotatable bonds is 6. The van der Waals surface area contributed by atoms with E-state index in [1.165, 1.54) is 0 Å². The standard InChI is InChI=1S/C15H18N4/c1-2-6-17-11-15-18-7-8-19(15)12-14-5-3-4-13(9-14)10-16/h3-5,7-9,17H,2,6,11-12H2,1H3. The quantitative estimate of drug-likeness (QED) is 0.805. The number of hydrogen-bond acceptors (Lipinski definition) is 3. The molecule has 0 saturated carbocycles. The molecule has 0 aliphatic heterocycles. The van der Waals surface area contributed by atoms with Gasteiger partial charge in [0, 0.05) is 18.9 Å². The highest BCUT2D eigenvalue weighted by atomic mass is 15.1. The molecule has 19 heavy (non-hydrogen) atoms. The Morgan fingerprint density at radius 2 is 2.32 bits per heavy atom. The Morgan fingerprint density at radius 1 is 1.42 bits per heavy atom. The van der Waals surface area contributed by atoms with Crippen molar-refractivity contribution in [2.24, 2.45) is 0 Å². The van der Waals surface area contributed by atoms with Crippen molar-refractivity contribution in [1.82, 2.24) is 14.9 Å². The number of aromatic nitrogens is 2. The molecule has 0 spiro atoms. The zero-order valence-corrected chi connectivity index (χ0v) is 11.1. The van der Waals surface area contributed by atoms with Gasteiger partial charge in [0.2, 0.25) is 0 Å². The first kappa shape index (κ1) is 13.3. The lowest BCUT2D eigenvalue weighted by Crippen LogP contribution is -2.17. The van der Waals surface area contributed by atoms with Gasteiger partial charge in [0.05, 0.1) is 18.2 Å². The molecular weight excluding hydrogens is 236 g/mol. The molecule has 0 unspecified atom stereocenters. The fourth-order valence-electron chi connectivity index (χ4n) is 1.96. The maximum Gasteiger partial charge on any atom is 0.122 e. The van der Waals surface area contributed by atoms with Gasteiger partial charge in [-0.25, -0.2) is 4.98 Å². The molecule has 1 heterocycles. The highest BCUT2D eigenvalue weighted by Gasteiger charge is 2.03. The van der Waals surface area contributed by atoms with E-state index >= 15 is 0 Å². The van der Waals surface area contributed by atoms with E-state index < -0.39 is 0 Å². The lowest BCUT2D eigenvalue weighted by molar-refractivity contribution is 0.615. The zero-order valence-electron chi connectivity index (χ0n) is 11.1. The summed E-state index contributed by atoms with van der Waals surface area (Å²) in [4.78, 5) is 4.36. The van der Waals surface area contributed by atoms with E-state index in [0.29, 0.717) is 5.56 Å². The minimum Gasteiger partial charge on any atom is -0.329 e. The van der Waals surface area contributed by atoms with Crippen LogP contribution in [-0.2, 0) is 13.1 Å². The first-order valence-corrected chi connectivity index (χ1v) is 6.53. The third-order valence-corrected chi connectivity index (χ3v) is 2.92. The van der Waals surface area contributed by atoms with Gasteiger partial charge in [-0.1, -0.05) is 19.1 Å². The van der Waals surface area contributed by atoms with E-state index in [4.69, 9.17) is 5.26 Å². The second-order valence-corrected chi connectivity index (χ2v) is 4.46. The van der Waals surface area contributed by atoms with E-state index in [1.54, 1.807) is 0 Å². The first-order valence-electron chi connectivity index (χ1n) is 6.53. The van der Waals surface area contributed by atoms with Crippen LogP contribution < -0.4 is 5.32 Å². The molecule has 1 aromatic carbocycles. The normalized spacial score (nSPS) is 10.3. The van der Waals surface area contributed by atoms with Crippen LogP contribution in [0.25, 0.3) is 0 Å². The Balaban J connectivity index is 2.06. The number of nitriles is 1. The van der Waals surface area contributed by atoms with E-state index in [2.05, 4.69) is 27.9 Å². The van der Waals surface area contributed by atoms with Crippen molar-refractivity contribution >= 4 is 0 Å². The van der Waals surface area contributed by atoms with E-state index in [-0.39, 0.29) is 0 Å². The summed E-state index contributed by atoms with van der Waals surface area (Å²) in [6, 6.07) is 9.86. The Hall–Kier alpha value is -2.12. The molecule has 0 amide bonds. The maximum atomic E-state index is 8.91. The molecule has 1 N–H and O–H groups in total. The van der Waals surface area contributed by atoms with E-state index in [0.717, 1.165) is 37.4 Å². The number of hydrogen-bond donors (Lipinski definition) is 1. The predicted molar refractivity (Wildman–Crippen MR) is 74.5 cm³/mol. The van der Waals surface area contributed by atoms with Crippen LogP contribution in [0.2, 0.25) is 0 Å². The van der Waals surface area contributed by atoms with E-state index in [9.17, 15) is 0 Å². The van der Waals surface area contributed by atoms with Crippen molar-refractivity contribution in [3.63, 3.8) is 0 Å². The molecule has 98 valence electrons. The number of benzene rings is 1. The van der Waals surface area contributed by atoms with Crippen LogP contribution in [0.1, 0.15) is 30.3 Å². The average molecular weight is 254 g/mol. The molecule has 0 fully saturated rings. The summed E-state index contributed by atoms with van der Waals surface area (Å²) in [6.45, 7) is 4.67. The fourth-order valence-corrected chi connectivity index (χ4v) is 1.96. The topological polar surface area (TPSA) is 53.6 Å². The highest BCUT2D eigenvalue weighted by Crippen LogP contribution is 2.08. The molecule has 1 aromatic heterocycles. The SMILES string of the molecule is CCCNCc1nccn1Cc1cccc(C#N)c1. The summed E-state index contributed by atoms with van der Waals surface area (Å²) in [5, 5.41) is 12.3. The summed E-state index contributed by atoms with van der Waals surface area (Å²) >= 11 is 0. The predicted octanol–water partition coefficient (Wildman–Crippen LogP) is 2.30. The Morgan fingerprint density at radius 3 is 3.11 bits per heavy atom. The molecule has 0 aliphatic rings. The van der Waals surface area contributed by atoms with Gasteiger partial charge in [0.25, 0.3) is 0 Å². The lowest BCUT2D eigenvalue weighted by atomic mass is 10.1. The van der Waals surface area contributed by atoms with Gasteiger partial charge in [-0.05, 0) is 30.7 Å². The van der Waals surface area contributed by atoms with Crippen LogP contribution >= 0.6 is 0 Å². The van der Waals surface area contributed by atoms with Crippen LogP contribution in [0.4, 0.5) is 0 Å². The smallest absolute Gasteiger partial charge is 0.122 e. The third kappa shape index (κ3) is 3.67. The van der Waals surface area contributed by atoms with Gasteiger partial charge in [-0.2, -0.15) is 5.26 Å². The molecular formula is C15H18N4. The van der Waals surface area contributed by atoms with Crippen LogP contribution in [0.3, 0.4) is 0 Å². The van der Waals surface area contributed by atoms with Crippen molar-refractivity contribution in [3.8, 4) is 6.07 Å². The zero-order chi connectivity index (χ0) is 13.5. The molecule has 2 aromatic rings. The fraction of sp³-hybridized carbons (Fsp3) is 0.333. The van der Waals surface area contributed by atoms with Gasteiger partial charge in [-0.3, -0.25) is 0 Å². The second kappa shape index (κ2) is 6.72. The monoisotopic (exact) mass is 254 g/mol.